The molecule has 1 aliphatic rings. The highest BCUT2D eigenvalue weighted by Crippen LogP contribution is 2.30. The number of anilines is 2. The Morgan fingerprint density at radius 1 is 1.17 bits per heavy atom. The van der Waals surface area contributed by atoms with Gasteiger partial charge in [-0.05, 0) is 23.8 Å². The topological polar surface area (TPSA) is 111 Å². The second-order valence-corrected chi connectivity index (χ2v) is 7.01. The summed E-state index contributed by atoms with van der Waals surface area (Å²) < 4.78 is 11.7. The molecule has 1 unspecified atom stereocenters. The largest absolute Gasteiger partial charge is 0.489 e. The van der Waals surface area contributed by atoms with Gasteiger partial charge in [-0.3, -0.25) is 4.79 Å². The van der Waals surface area contributed by atoms with Gasteiger partial charge in [-0.1, -0.05) is 41.9 Å². The molecule has 30 heavy (non-hydrogen) atoms. The van der Waals surface area contributed by atoms with E-state index in [1.807, 2.05) is 36.4 Å². The van der Waals surface area contributed by atoms with Crippen LogP contribution in [0, 0.1) is 0 Å². The molecule has 0 spiro atoms. The van der Waals surface area contributed by atoms with Gasteiger partial charge in [0.05, 0.1) is 12.8 Å². The maximum atomic E-state index is 11.6. The summed E-state index contributed by atoms with van der Waals surface area (Å²) in [7, 11) is 0. The summed E-state index contributed by atoms with van der Waals surface area (Å²) in [5.41, 5.74) is 6.62. The smallest absolute Gasteiger partial charge is 0.249 e. The predicted molar refractivity (Wildman–Crippen MR) is 114 cm³/mol. The monoisotopic (exact) mass is 425 g/mol. The van der Waals surface area contributed by atoms with Gasteiger partial charge in [0.25, 0.3) is 0 Å². The van der Waals surface area contributed by atoms with Crippen molar-refractivity contribution in [1.82, 2.24) is 9.97 Å². The van der Waals surface area contributed by atoms with Crippen LogP contribution >= 0.6 is 11.6 Å². The number of aromatic nitrogens is 2. The van der Waals surface area contributed by atoms with Crippen molar-refractivity contribution in [1.29, 1.82) is 0 Å². The Kier molecular flexibility index (Phi) is 5.85. The van der Waals surface area contributed by atoms with Crippen LogP contribution in [0.3, 0.4) is 0 Å². The van der Waals surface area contributed by atoms with E-state index in [2.05, 4.69) is 20.6 Å². The molecule has 1 aliphatic heterocycles. The molecule has 1 aromatic heterocycles. The van der Waals surface area contributed by atoms with Gasteiger partial charge in [-0.15, -0.1) is 0 Å². The SMILES string of the molecule is NC(=O)c1ccccc1CNc1nc(NC2CCOc3ccccc3O2)ncc1Cl. The molecule has 0 fully saturated rings. The van der Waals surface area contributed by atoms with Gasteiger partial charge in [0.1, 0.15) is 5.02 Å². The molecule has 0 saturated heterocycles. The highest BCUT2D eigenvalue weighted by molar-refractivity contribution is 6.32. The van der Waals surface area contributed by atoms with Crippen molar-refractivity contribution in [3.63, 3.8) is 0 Å². The van der Waals surface area contributed by atoms with E-state index in [1.165, 1.54) is 6.20 Å². The molecule has 0 saturated carbocycles. The summed E-state index contributed by atoms with van der Waals surface area (Å²) >= 11 is 6.24. The van der Waals surface area contributed by atoms with Crippen molar-refractivity contribution < 1.29 is 14.3 Å². The van der Waals surface area contributed by atoms with Crippen LogP contribution in [0.2, 0.25) is 5.02 Å². The molecule has 154 valence electrons. The van der Waals surface area contributed by atoms with Gasteiger partial charge in [-0.25, -0.2) is 4.98 Å². The fourth-order valence-electron chi connectivity index (χ4n) is 3.05. The molecule has 2 heterocycles. The highest BCUT2D eigenvalue weighted by atomic mass is 35.5. The third-order valence-corrected chi connectivity index (χ3v) is 4.80. The van der Waals surface area contributed by atoms with E-state index in [4.69, 9.17) is 26.8 Å². The zero-order chi connectivity index (χ0) is 20.9. The summed E-state index contributed by atoms with van der Waals surface area (Å²) in [6, 6.07) is 14.6. The Balaban J connectivity index is 1.47. The first-order chi connectivity index (χ1) is 14.6. The number of halogens is 1. The molecular formula is C21H20ClN5O3. The lowest BCUT2D eigenvalue weighted by Crippen LogP contribution is -2.28. The number of fused-ring (bicyclic) bond motifs is 1. The standard InChI is InChI=1S/C21H20ClN5O3/c22-15-12-25-21(26-18-9-10-29-16-7-3-4-8-17(16)30-18)27-20(15)24-11-13-5-1-2-6-14(13)19(23)28/h1-8,12,18H,9-11H2,(H2,23,28)(H2,24,25,26,27). The van der Waals surface area contributed by atoms with Gasteiger partial charge in [0, 0.05) is 18.5 Å². The molecule has 2 aromatic carbocycles. The Morgan fingerprint density at radius 2 is 1.93 bits per heavy atom. The second-order valence-electron chi connectivity index (χ2n) is 6.60. The number of benzene rings is 2. The van der Waals surface area contributed by atoms with Crippen molar-refractivity contribution in [3.8, 4) is 11.5 Å². The lowest BCUT2D eigenvalue weighted by molar-refractivity contribution is 0.0999. The van der Waals surface area contributed by atoms with E-state index in [0.29, 0.717) is 53.4 Å². The number of amides is 1. The van der Waals surface area contributed by atoms with Crippen LogP contribution in [-0.2, 0) is 6.54 Å². The number of nitrogens with one attached hydrogen (secondary N) is 2. The lowest BCUT2D eigenvalue weighted by atomic mass is 10.1. The molecule has 1 amide bonds. The fraction of sp³-hybridized carbons (Fsp3) is 0.190. The summed E-state index contributed by atoms with van der Waals surface area (Å²) in [6.45, 7) is 0.827. The van der Waals surface area contributed by atoms with E-state index < -0.39 is 5.91 Å². The van der Waals surface area contributed by atoms with Crippen molar-refractivity contribution in [2.75, 3.05) is 17.2 Å². The molecule has 4 rings (SSSR count). The minimum Gasteiger partial charge on any atom is -0.489 e. The van der Waals surface area contributed by atoms with Gasteiger partial charge >= 0.3 is 0 Å². The van der Waals surface area contributed by atoms with E-state index in [0.717, 1.165) is 5.56 Å². The normalized spacial score (nSPS) is 15.2. The van der Waals surface area contributed by atoms with Gasteiger partial charge < -0.3 is 25.8 Å². The molecule has 0 aliphatic carbocycles. The number of carbonyl (C=O) groups excluding carboxylic acids is 1. The summed E-state index contributed by atoms with van der Waals surface area (Å²) in [6.07, 6.45) is 1.74. The Bertz CT molecular complexity index is 1060. The fourth-order valence-corrected chi connectivity index (χ4v) is 3.21. The summed E-state index contributed by atoms with van der Waals surface area (Å²) in [5, 5.41) is 6.65. The van der Waals surface area contributed by atoms with E-state index in [1.54, 1.807) is 12.1 Å². The van der Waals surface area contributed by atoms with Crippen LogP contribution < -0.4 is 25.8 Å². The number of hydrogen-bond donors (Lipinski definition) is 3. The second kappa shape index (κ2) is 8.87. The maximum absolute atomic E-state index is 11.6. The Morgan fingerprint density at radius 3 is 2.77 bits per heavy atom. The first-order valence-electron chi connectivity index (χ1n) is 9.39. The van der Waals surface area contributed by atoms with E-state index in [9.17, 15) is 4.79 Å². The van der Waals surface area contributed by atoms with Crippen molar-refractivity contribution in [3.05, 3.63) is 70.9 Å². The van der Waals surface area contributed by atoms with Gasteiger partial charge in [-0.2, -0.15) is 4.98 Å². The van der Waals surface area contributed by atoms with Gasteiger partial charge in [0.2, 0.25) is 11.9 Å². The van der Waals surface area contributed by atoms with Crippen LogP contribution in [0.1, 0.15) is 22.3 Å². The van der Waals surface area contributed by atoms with Crippen LogP contribution in [0.5, 0.6) is 11.5 Å². The quantitative estimate of drug-likeness (QED) is 0.554. The van der Waals surface area contributed by atoms with Crippen LogP contribution in [0.15, 0.2) is 54.7 Å². The first kappa shape index (κ1) is 19.8. The maximum Gasteiger partial charge on any atom is 0.249 e. The van der Waals surface area contributed by atoms with Crippen molar-refractivity contribution in [2.45, 2.75) is 19.2 Å². The summed E-state index contributed by atoms with van der Waals surface area (Å²) in [5.74, 6) is 1.65. The minimum absolute atomic E-state index is 0.330. The minimum atomic E-state index is -0.489. The van der Waals surface area contributed by atoms with E-state index in [-0.39, 0.29) is 6.23 Å². The highest BCUT2D eigenvalue weighted by Gasteiger charge is 2.19. The van der Waals surface area contributed by atoms with Crippen molar-refractivity contribution in [2.24, 2.45) is 5.73 Å². The van der Waals surface area contributed by atoms with E-state index >= 15 is 0 Å². The Labute approximate surface area is 178 Å². The first-order valence-corrected chi connectivity index (χ1v) is 9.77. The number of nitrogens with two attached hydrogens (primary N) is 1. The molecule has 8 nitrogen and oxygen atoms in total. The third-order valence-electron chi connectivity index (χ3n) is 4.52. The number of carbonyl (C=O) groups is 1. The summed E-state index contributed by atoms with van der Waals surface area (Å²) in [4.78, 5) is 20.3. The lowest BCUT2D eigenvalue weighted by Gasteiger charge is -2.18. The average Bonchev–Trinajstić information content (AvgIpc) is 2.96. The van der Waals surface area contributed by atoms with Gasteiger partial charge in [0.15, 0.2) is 23.5 Å². The molecule has 0 radical (unpaired) electrons. The number of ether oxygens (including phenoxy) is 2. The zero-order valence-electron chi connectivity index (χ0n) is 16.0. The molecule has 9 heteroatoms. The third kappa shape index (κ3) is 4.55. The average molecular weight is 426 g/mol. The number of nitrogens with zero attached hydrogens (tertiary/aromatic N) is 2. The number of primary amides is 1. The number of para-hydroxylation sites is 2. The number of hydrogen-bond acceptors (Lipinski definition) is 7. The van der Waals surface area contributed by atoms with Crippen LogP contribution in [-0.4, -0.2) is 28.7 Å². The Hall–Kier alpha value is -3.52. The van der Waals surface area contributed by atoms with Crippen LogP contribution in [0.4, 0.5) is 11.8 Å². The number of rotatable bonds is 6. The van der Waals surface area contributed by atoms with Crippen LogP contribution in [0.25, 0.3) is 0 Å². The molecule has 3 aromatic rings. The predicted octanol–water partition coefficient (Wildman–Crippen LogP) is 3.44. The zero-order valence-corrected chi connectivity index (χ0v) is 16.7. The molecule has 4 N–H and O–H groups in total. The van der Waals surface area contributed by atoms with Crippen molar-refractivity contribution >= 4 is 29.3 Å². The molecular weight excluding hydrogens is 406 g/mol. The molecule has 0 bridgehead atoms. The molecule has 1 atom stereocenters.